The fourth-order valence-electron chi connectivity index (χ4n) is 3.46. The van der Waals surface area contributed by atoms with Crippen LogP contribution in [0.1, 0.15) is 37.6 Å². The van der Waals surface area contributed by atoms with E-state index >= 15 is 0 Å². The Labute approximate surface area is 151 Å². The number of fused-ring (bicyclic) bond motifs is 5. The number of aromatic nitrogens is 3. The number of rotatable bonds is 4. The molecule has 0 atom stereocenters. The molecule has 0 saturated carbocycles. The molecule has 0 aliphatic carbocycles. The molecule has 0 spiro atoms. The van der Waals surface area contributed by atoms with Crippen molar-refractivity contribution in [3.63, 3.8) is 0 Å². The van der Waals surface area contributed by atoms with Gasteiger partial charge in [-0.25, -0.2) is 15.0 Å². The zero-order valence-corrected chi connectivity index (χ0v) is 15.7. The highest BCUT2D eigenvalue weighted by Gasteiger charge is 2.31. The third-order valence-electron chi connectivity index (χ3n) is 4.66. The standard InChI is InChI=1S/C19H22N4OS/c1-5-7-20-17-16-15(21-10-22-17)14-11-8-19(3,4)24-9-12(11)13(6-2)23-18(14)25-16/h5,10H,1,6-9H2,2-4H3,(H,20,21,22). The number of thiophene rings is 1. The van der Waals surface area contributed by atoms with E-state index in [4.69, 9.17) is 9.72 Å². The molecule has 3 aromatic heterocycles. The molecule has 0 saturated heterocycles. The maximum absolute atomic E-state index is 6.06. The van der Waals surface area contributed by atoms with Gasteiger partial charge in [-0.15, -0.1) is 17.9 Å². The van der Waals surface area contributed by atoms with E-state index in [1.54, 1.807) is 17.7 Å². The summed E-state index contributed by atoms with van der Waals surface area (Å²) in [5, 5.41) is 4.49. The average Bonchev–Trinajstić information content (AvgIpc) is 2.97. The number of pyridine rings is 1. The lowest BCUT2D eigenvalue weighted by atomic mass is 9.89. The van der Waals surface area contributed by atoms with Gasteiger partial charge >= 0.3 is 0 Å². The van der Waals surface area contributed by atoms with Crippen LogP contribution < -0.4 is 5.32 Å². The van der Waals surface area contributed by atoms with Crippen LogP contribution >= 0.6 is 11.3 Å². The lowest BCUT2D eigenvalue weighted by molar-refractivity contribution is -0.0401. The highest BCUT2D eigenvalue weighted by atomic mass is 32.1. The van der Waals surface area contributed by atoms with Crippen LogP contribution in [0.25, 0.3) is 20.4 Å². The smallest absolute Gasteiger partial charge is 0.147 e. The van der Waals surface area contributed by atoms with E-state index in [0.717, 1.165) is 39.4 Å². The van der Waals surface area contributed by atoms with Gasteiger partial charge in [0.2, 0.25) is 0 Å². The first-order valence-corrected chi connectivity index (χ1v) is 9.42. The van der Waals surface area contributed by atoms with E-state index in [1.165, 1.54) is 16.5 Å². The molecule has 6 heteroatoms. The van der Waals surface area contributed by atoms with Crippen molar-refractivity contribution in [2.45, 2.75) is 45.8 Å². The van der Waals surface area contributed by atoms with Crippen LogP contribution in [0.4, 0.5) is 5.82 Å². The van der Waals surface area contributed by atoms with Crippen LogP contribution in [-0.4, -0.2) is 27.1 Å². The molecule has 25 heavy (non-hydrogen) atoms. The SMILES string of the molecule is C=CCNc1ncnc2c1sc1nc(CC)c3c(c12)CC(C)(C)OC3. The predicted octanol–water partition coefficient (Wildman–Crippen LogP) is 4.25. The fraction of sp³-hybridized carbons (Fsp3) is 0.421. The van der Waals surface area contributed by atoms with Crippen molar-refractivity contribution in [2.24, 2.45) is 0 Å². The number of anilines is 1. The quantitative estimate of drug-likeness (QED) is 0.710. The molecule has 0 unspecified atom stereocenters. The molecule has 0 bridgehead atoms. The lowest BCUT2D eigenvalue weighted by Gasteiger charge is -2.33. The van der Waals surface area contributed by atoms with E-state index in [0.29, 0.717) is 13.2 Å². The Bertz CT molecular complexity index is 977. The van der Waals surface area contributed by atoms with E-state index in [9.17, 15) is 0 Å². The van der Waals surface area contributed by atoms with Gasteiger partial charge in [0.15, 0.2) is 0 Å². The van der Waals surface area contributed by atoms with Crippen molar-refractivity contribution in [3.8, 4) is 0 Å². The van der Waals surface area contributed by atoms with Crippen LogP contribution in [0.3, 0.4) is 0 Å². The summed E-state index contributed by atoms with van der Waals surface area (Å²) in [5.74, 6) is 0.853. The molecule has 0 amide bonds. The Morgan fingerprint density at radius 3 is 2.96 bits per heavy atom. The van der Waals surface area contributed by atoms with Gasteiger partial charge in [-0.05, 0) is 25.8 Å². The summed E-state index contributed by atoms with van der Waals surface area (Å²) in [6.45, 7) is 11.5. The molecular weight excluding hydrogens is 332 g/mol. The van der Waals surface area contributed by atoms with Gasteiger partial charge in [0.25, 0.3) is 0 Å². The van der Waals surface area contributed by atoms with Crippen LogP contribution in [0.2, 0.25) is 0 Å². The van der Waals surface area contributed by atoms with Gasteiger partial charge in [0.1, 0.15) is 17.0 Å². The number of nitrogens with zero attached hydrogens (tertiary/aromatic N) is 3. The average molecular weight is 354 g/mol. The van der Waals surface area contributed by atoms with Crippen molar-refractivity contribution < 1.29 is 4.74 Å². The first-order chi connectivity index (χ1) is 12.0. The topological polar surface area (TPSA) is 59.9 Å². The largest absolute Gasteiger partial charge is 0.370 e. The summed E-state index contributed by atoms with van der Waals surface area (Å²) in [4.78, 5) is 15.0. The van der Waals surface area contributed by atoms with Crippen molar-refractivity contribution in [1.29, 1.82) is 0 Å². The van der Waals surface area contributed by atoms with E-state index in [2.05, 4.69) is 42.6 Å². The van der Waals surface area contributed by atoms with Crippen molar-refractivity contribution in [2.75, 3.05) is 11.9 Å². The molecule has 0 radical (unpaired) electrons. The summed E-state index contributed by atoms with van der Waals surface area (Å²) in [7, 11) is 0. The fourth-order valence-corrected chi connectivity index (χ4v) is 4.60. The van der Waals surface area contributed by atoms with Gasteiger partial charge in [-0.2, -0.15) is 0 Å². The number of hydrogen-bond acceptors (Lipinski definition) is 6. The Hall–Kier alpha value is -2.05. The normalized spacial score (nSPS) is 16.1. The third kappa shape index (κ3) is 2.69. The summed E-state index contributed by atoms with van der Waals surface area (Å²) in [5.41, 5.74) is 4.55. The molecule has 0 fully saturated rings. The second kappa shape index (κ2) is 6.04. The third-order valence-corrected chi connectivity index (χ3v) is 5.74. The predicted molar refractivity (Wildman–Crippen MR) is 103 cm³/mol. The Balaban J connectivity index is 2.03. The summed E-state index contributed by atoms with van der Waals surface area (Å²) in [6, 6.07) is 0. The monoisotopic (exact) mass is 354 g/mol. The van der Waals surface area contributed by atoms with E-state index in [1.807, 2.05) is 6.08 Å². The van der Waals surface area contributed by atoms with E-state index in [-0.39, 0.29) is 5.60 Å². The molecule has 130 valence electrons. The van der Waals surface area contributed by atoms with Gasteiger partial charge in [-0.3, -0.25) is 0 Å². The Kier molecular flexibility index (Phi) is 3.96. The highest BCUT2D eigenvalue weighted by Crippen LogP contribution is 2.42. The minimum atomic E-state index is -0.169. The Morgan fingerprint density at radius 2 is 2.20 bits per heavy atom. The lowest BCUT2D eigenvalue weighted by Crippen LogP contribution is -2.32. The number of nitrogens with one attached hydrogen (secondary N) is 1. The Morgan fingerprint density at radius 1 is 1.36 bits per heavy atom. The van der Waals surface area contributed by atoms with Crippen molar-refractivity contribution in [1.82, 2.24) is 15.0 Å². The first kappa shape index (κ1) is 16.4. The maximum Gasteiger partial charge on any atom is 0.147 e. The minimum Gasteiger partial charge on any atom is -0.370 e. The van der Waals surface area contributed by atoms with Gasteiger partial charge in [0, 0.05) is 29.6 Å². The number of ether oxygens (including phenoxy) is 1. The summed E-state index contributed by atoms with van der Waals surface area (Å²) >= 11 is 1.67. The second-order valence-electron chi connectivity index (χ2n) is 6.95. The number of aryl methyl sites for hydroxylation is 1. The highest BCUT2D eigenvalue weighted by molar-refractivity contribution is 7.26. The van der Waals surface area contributed by atoms with Crippen LogP contribution in [0, 0.1) is 0 Å². The number of hydrogen-bond donors (Lipinski definition) is 1. The summed E-state index contributed by atoms with van der Waals surface area (Å²) < 4.78 is 7.12. The van der Waals surface area contributed by atoms with Crippen LogP contribution in [-0.2, 0) is 24.2 Å². The van der Waals surface area contributed by atoms with Crippen LogP contribution in [0.5, 0.6) is 0 Å². The van der Waals surface area contributed by atoms with Crippen molar-refractivity contribution in [3.05, 3.63) is 35.8 Å². The molecule has 1 N–H and O–H groups in total. The summed E-state index contributed by atoms with van der Waals surface area (Å²) in [6.07, 6.45) is 5.24. The van der Waals surface area contributed by atoms with Crippen molar-refractivity contribution >= 4 is 37.6 Å². The molecule has 1 aliphatic heterocycles. The minimum absolute atomic E-state index is 0.169. The maximum atomic E-state index is 6.06. The molecule has 5 nitrogen and oxygen atoms in total. The zero-order valence-electron chi connectivity index (χ0n) is 14.8. The van der Waals surface area contributed by atoms with Crippen LogP contribution in [0.15, 0.2) is 19.0 Å². The molecule has 3 aromatic rings. The second-order valence-corrected chi connectivity index (χ2v) is 7.95. The molecule has 0 aromatic carbocycles. The van der Waals surface area contributed by atoms with Gasteiger partial charge in [0.05, 0.1) is 22.4 Å². The van der Waals surface area contributed by atoms with Gasteiger partial charge in [-0.1, -0.05) is 13.0 Å². The zero-order chi connectivity index (χ0) is 17.6. The molecule has 4 rings (SSSR count). The van der Waals surface area contributed by atoms with E-state index < -0.39 is 0 Å². The molecule has 1 aliphatic rings. The van der Waals surface area contributed by atoms with Gasteiger partial charge < -0.3 is 10.1 Å². The molecular formula is C19H22N4OS. The molecule has 4 heterocycles. The first-order valence-electron chi connectivity index (χ1n) is 8.60.